The van der Waals surface area contributed by atoms with Crippen molar-refractivity contribution >= 4 is 22.2 Å². The summed E-state index contributed by atoms with van der Waals surface area (Å²) >= 11 is 1.73. The summed E-state index contributed by atoms with van der Waals surface area (Å²) < 4.78 is 0. The van der Waals surface area contributed by atoms with Gasteiger partial charge in [0, 0.05) is 18.0 Å². The van der Waals surface area contributed by atoms with E-state index in [2.05, 4.69) is 22.6 Å². The highest BCUT2D eigenvalue weighted by molar-refractivity contribution is 7.16. The van der Waals surface area contributed by atoms with Crippen molar-refractivity contribution in [3.8, 4) is 0 Å². The third kappa shape index (κ3) is 2.13. The van der Waals surface area contributed by atoms with Crippen molar-refractivity contribution < 1.29 is 4.79 Å². The Morgan fingerprint density at radius 3 is 2.86 bits per heavy atom. The zero-order valence-corrected chi connectivity index (χ0v) is 12.7. The van der Waals surface area contributed by atoms with Crippen molar-refractivity contribution in [3.63, 3.8) is 0 Å². The van der Waals surface area contributed by atoms with Crippen molar-refractivity contribution in [2.75, 3.05) is 18.9 Å². The Hall–Kier alpha value is -1.85. The number of nitrogens with one attached hydrogen (secondary N) is 2. The van der Waals surface area contributed by atoms with E-state index in [-0.39, 0.29) is 12.1 Å². The second-order valence-corrected chi connectivity index (χ2v) is 6.76. The monoisotopic (exact) mass is 299 g/mol. The van der Waals surface area contributed by atoms with E-state index in [1.807, 2.05) is 30.3 Å². The molecule has 1 aromatic heterocycles. The van der Waals surface area contributed by atoms with Crippen LogP contribution in [0.15, 0.2) is 30.3 Å². The number of benzene rings is 1. The lowest BCUT2D eigenvalue weighted by atomic mass is 10.0. The minimum atomic E-state index is -0.135. The Morgan fingerprint density at radius 2 is 2.05 bits per heavy atom. The average Bonchev–Trinajstić information content (AvgIpc) is 2.85. The van der Waals surface area contributed by atoms with Gasteiger partial charge in [-0.25, -0.2) is 0 Å². The van der Waals surface area contributed by atoms with Crippen LogP contribution in [0.25, 0.3) is 0 Å². The van der Waals surface area contributed by atoms with E-state index < -0.39 is 0 Å². The molecule has 1 aromatic carbocycles. The maximum atomic E-state index is 12.5. The van der Waals surface area contributed by atoms with Crippen molar-refractivity contribution in [2.45, 2.75) is 19.1 Å². The van der Waals surface area contributed by atoms with Crippen LogP contribution >= 0.6 is 11.3 Å². The number of rotatable bonds is 1. The Labute approximate surface area is 127 Å². The van der Waals surface area contributed by atoms with E-state index in [1.165, 1.54) is 10.4 Å². The van der Waals surface area contributed by atoms with Crippen molar-refractivity contribution in [1.82, 2.24) is 10.2 Å². The van der Waals surface area contributed by atoms with Gasteiger partial charge in [0.15, 0.2) is 0 Å². The highest BCUT2D eigenvalue weighted by Gasteiger charge is 2.32. The molecule has 4 nitrogen and oxygen atoms in total. The summed E-state index contributed by atoms with van der Waals surface area (Å²) in [6, 6.07) is 10.0. The number of thiophene rings is 1. The molecule has 0 bridgehead atoms. The minimum absolute atomic E-state index is 0.0552. The molecule has 2 N–H and O–H groups in total. The summed E-state index contributed by atoms with van der Waals surface area (Å²) in [5, 5.41) is 7.58. The van der Waals surface area contributed by atoms with E-state index in [0.29, 0.717) is 0 Å². The predicted octanol–water partition coefficient (Wildman–Crippen LogP) is 2.59. The van der Waals surface area contributed by atoms with Gasteiger partial charge in [0.05, 0.1) is 5.56 Å². The quantitative estimate of drug-likeness (QED) is 0.851. The summed E-state index contributed by atoms with van der Waals surface area (Å²) in [6.07, 6.45) is 0.826. The maximum Gasteiger partial charge on any atom is 0.256 e. The third-order valence-electron chi connectivity index (χ3n) is 4.16. The fourth-order valence-corrected chi connectivity index (χ4v) is 4.41. The van der Waals surface area contributed by atoms with E-state index in [0.717, 1.165) is 35.6 Å². The van der Waals surface area contributed by atoms with Gasteiger partial charge in [-0.3, -0.25) is 4.79 Å². The largest absolute Gasteiger partial charge is 0.353 e. The molecule has 2 aromatic rings. The van der Waals surface area contributed by atoms with Crippen molar-refractivity contribution in [2.24, 2.45) is 0 Å². The average molecular weight is 299 g/mol. The molecule has 0 spiro atoms. The lowest BCUT2D eigenvalue weighted by molar-refractivity contribution is 0.0935. The Bertz CT molecular complexity index is 695. The summed E-state index contributed by atoms with van der Waals surface area (Å²) in [4.78, 5) is 16.2. The van der Waals surface area contributed by atoms with Crippen LogP contribution in [0, 0.1) is 0 Å². The van der Waals surface area contributed by atoms with Crippen LogP contribution in [-0.2, 0) is 13.0 Å². The number of amides is 1. The van der Waals surface area contributed by atoms with Gasteiger partial charge in [-0.2, -0.15) is 0 Å². The normalized spacial score (nSPS) is 21.2. The topological polar surface area (TPSA) is 44.4 Å². The molecule has 1 amide bonds. The van der Waals surface area contributed by atoms with E-state index >= 15 is 0 Å². The van der Waals surface area contributed by atoms with Crippen molar-refractivity contribution in [3.05, 3.63) is 51.9 Å². The smallest absolute Gasteiger partial charge is 0.256 e. The number of fused-ring (bicyclic) bond motifs is 3. The molecule has 0 saturated carbocycles. The lowest BCUT2D eigenvalue weighted by Gasteiger charge is -2.27. The molecule has 1 atom stereocenters. The molecule has 0 unspecified atom stereocenters. The SMILES string of the molecule is CN1CCc2c(sc3c2C(=O)N[C@@H](c2ccccc2)N3)C1. The highest BCUT2D eigenvalue weighted by atomic mass is 32.1. The Balaban J connectivity index is 1.71. The number of hydrogen-bond donors (Lipinski definition) is 2. The number of likely N-dealkylation sites (N-methyl/N-ethyl adjacent to an activating group) is 1. The first-order valence-corrected chi connectivity index (χ1v) is 7.99. The molecule has 21 heavy (non-hydrogen) atoms. The van der Waals surface area contributed by atoms with Gasteiger partial charge in [-0.1, -0.05) is 30.3 Å². The van der Waals surface area contributed by atoms with E-state index in [9.17, 15) is 4.79 Å². The van der Waals surface area contributed by atoms with Crippen LogP contribution in [0.1, 0.15) is 32.5 Å². The van der Waals surface area contributed by atoms with Crippen LogP contribution in [0.2, 0.25) is 0 Å². The van der Waals surface area contributed by atoms with Gasteiger partial charge in [-0.05, 0) is 24.6 Å². The van der Waals surface area contributed by atoms with E-state index in [1.54, 1.807) is 11.3 Å². The first-order valence-electron chi connectivity index (χ1n) is 7.18. The maximum absolute atomic E-state index is 12.5. The van der Waals surface area contributed by atoms with Gasteiger partial charge in [0.25, 0.3) is 5.91 Å². The highest BCUT2D eigenvalue weighted by Crippen LogP contribution is 2.40. The Kier molecular flexibility index (Phi) is 2.97. The predicted molar refractivity (Wildman–Crippen MR) is 84.6 cm³/mol. The third-order valence-corrected chi connectivity index (χ3v) is 5.31. The molecule has 0 fully saturated rings. The first-order chi connectivity index (χ1) is 10.2. The zero-order chi connectivity index (χ0) is 14.4. The summed E-state index contributed by atoms with van der Waals surface area (Å²) in [5.74, 6) is 0.0552. The van der Waals surface area contributed by atoms with Crippen LogP contribution in [-0.4, -0.2) is 24.4 Å². The minimum Gasteiger partial charge on any atom is -0.353 e. The molecule has 0 saturated heterocycles. The van der Waals surface area contributed by atoms with Gasteiger partial charge >= 0.3 is 0 Å². The molecular weight excluding hydrogens is 282 g/mol. The van der Waals surface area contributed by atoms with Crippen LogP contribution in [0.3, 0.4) is 0 Å². The van der Waals surface area contributed by atoms with Gasteiger partial charge < -0.3 is 15.5 Å². The van der Waals surface area contributed by atoms with Gasteiger partial charge in [0.2, 0.25) is 0 Å². The molecule has 0 aliphatic carbocycles. The van der Waals surface area contributed by atoms with Crippen LogP contribution < -0.4 is 10.6 Å². The molecule has 2 aliphatic rings. The molecule has 4 rings (SSSR count). The summed E-state index contributed by atoms with van der Waals surface area (Å²) in [6.45, 7) is 1.96. The number of carbonyl (C=O) groups excluding carboxylic acids is 1. The second-order valence-electron chi connectivity index (χ2n) is 5.66. The molecule has 2 aliphatic heterocycles. The summed E-state index contributed by atoms with van der Waals surface area (Å²) in [7, 11) is 2.13. The zero-order valence-electron chi connectivity index (χ0n) is 11.8. The van der Waals surface area contributed by atoms with Gasteiger partial charge in [0.1, 0.15) is 11.2 Å². The molecule has 3 heterocycles. The standard InChI is InChI=1S/C16H17N3OS/c1-19-8-7-11-12(9-19)21-16-13(11)15(20)17-14(18-16)10-5-3-2-4-6-10/h2-6,14,18H,7-9H2,1H3,(H,17,20)/t14-/m1/s1. The van der Waals surface area contributed by atoms with Crippen LogP contribution in [0.5, 0.6) is 0 Å². The molecule has 5 heteroatoms. The molecule has 108 valence electrons. The fraction of sp³-hybridized carbons (Fsp3) is 0.312. The molecule has 0 radical (unpaired) electrons. The second kappa shape index (κ2) is 4.86. The molecular formula is C16H17N3OS. The number of carbonyl (C=O) groups is 1. The van der Waals surface area contributed by atoms with Crippen LogP contribution in [0.4, 0.5) is 5.00 Å². The van der Waals surface area contributed by atoms with Crippen molar-refractivity contribution in [1.29, 1.82) is 0 Å². The number of anilines is 1. The number of nitrogens with zero attached hydrogens (tertiary/aromatic N) is 1. The van der Waals surface area contributed by atoms with E-state index in [4.69, 9.17) is 0 Å². The summed E-state index contributed by atoms with van der Waals surface area (Å²) in [5.41, 5.74) is 3.19. The fourth-order valence-electron chi connectivity index (χ4n) is 3.06. The Morgan fingerprint density at radius 1 is 1.24 bits per heavy atom. The first kappa shape index (κ1) is 12.9. The lowest BCUT2D eigenvalue weighted by Crippen LogP contribution is -2.38. The number of hydrogen-bond acceptors (Lipinski definition) is 4. The van der Waals surface area contributed by atoms with Gasteiger partial charge in [-0.15, -0.1) is 11.3 Å².